The third kappa shape index (κ3) is 2.89. The Bertz CT molecular complexity index is 716. The fourth-order valence-corrected chi connectivity index (χ4v) is 1.55. The van der Waals surface area contributed by atoms with Gasteiger partial charge >= 0.3 is 0 Å². The van der Waals surface area contributed by atoms with Crippen LogP contribution in [0.2, 0.25) is 0 Å². The van der Waals surface area contributed by atoms with Crippen molar-refractivity contribution in [2.75, 3.05) is 10.7 Å². The molecule has 0 saturated heterocycles. The van der Waals surface area contributed by atoms with Crippen LogP contribution in [0.5, 0.6) is 0 Å². The van der Waals surface area contributed by atoms with E-state index in [9.17, 15) is 0 Å². The molecule has 0 fully saturated rings. The molecule has 0 spiro atoms. The van der Waals surface area contributed by atoms with Crippen LogP contribution in [0, 0.1) is 0 Å². The molecule has 0 aliphatic carbocycles. The van der Waals surface area contributed by atoms with Crippen LogP contribution in [-0.2, 0) is 13.6 Å². The lowest BCUT2D eigenvalue weighted by atomic mass is 10.6. The van der Waals surface area contributed by atoms with Gasteiger partial charge in [-0.15, -0.1) is 0 Å². The van der Waals surface area contributed by atoms with Gasteiger partial charge in [0.1, 0.15) is 19.0 Å². The number of nitrogens with two attached hydrogens (primary N) is 1. The number of aromatic nitrogens is 9. The predicted octanol–water partition coefficient (Wildman–Crippen LogP) is -1.52. The zero-order valence-electron chi connectivity index (χ0n) is 11.0. The second kappa shape index (κ2) is 5.46. The molecule has 0 saturated carbocycles. The molecule has 3 aromatic rings. The van der Waals surface area contributed by atoms with E-state index in [2.05, 4.69) is 45.9 Å². The average Bonchev–Trinajstić information content (AvgIpc) is 3.16. The van der Waals surface area contributed by atoms with Gasteiger partial charge in [0.15, 0.2) is 5.82 Å². The Morgan fingerprint density at radius 1 is 1.19 bits per heavy atom. The number of rotatable bonds is 5. The molecule has 21 heavy (non-hydrogen) atoms. The predicted molar refractivity (Wildman–Crippen MR) is 70.9 cm³/mol. The number of anilines is 2. The highest BCUT2D eigenvalue weighted by atomic mass is 15.4. The minimum Gasteiger partial charge on any atom is -0.347 e. The van der Waals surface area contributed by atoms with Gasteiger partial charge in [-0.1, -0.05) is 0 Å². The molecule has 3 rings (SSSR count). The highest BCUT2D eigenvalue weighted by Gasteiger charge is 2.09. The molecular formula is C9H12N12. The van der Waals surface area contributed by atoms with E-state index >= 15 is 0 Å². The van der Waals surface area contributed by atoms with Crippen molar-refractivity contribution >= 4 is 11.9 Å². The van der Waals surface area contributed by atoms with Crippen LogP contribution >= 0.6 is 0 Å². The molecule has 3 aromatic heterocycles. The Labute approximate surface area is 118 Å². The number of hydrogen-bond donors (Lipinski definition) is 3. The summed E-state index contributed by atoms with van der Waals surface area (Å²) in [5.74, 6) is 6.76. The van der Waals surface area contributed by atoms with Crippen molar-refractivity contribution < 1.29 is 0 Å². The van der Waals surface area contributed by atoms with Crippen molar-refractivity contribution in [3.63, 3.8) is 0 Å². The minimum absolute atomic E-state index is 0.201. The van der Waals surface area contributed by atoms with Crippen molar-refractivity contribution in [1.82, 2.24) is 44.5 Å². The van der Waals surface area contributed by atoms with Gasteiger partial charge in [-0.05, 0) is 0 Å². The maximum Gasteiger partial charge on any atom is 0.258 e. The number of hydrogen-bond acceptors (Lipinski definition) is 10. The van der Waals surface area contributed by atoms with E-state index in [1.807, 2.05) is 0 Å². The van der Waals surface area contributed by atoms with Crippen LogP contribution in [0.3, 0.4) is 0 Å². The van der Waals surface area contributed by atoms with Gasteiger partial charge < -0.3 is 5.32 Å². The van der Waals surface area contributed by atoms with Gasteiger partial charge in [0.2, 0.25) is 11.9 Å². The van der Waals surface area contributed by atoms with Gasteiger partial charge in [-0.2, -0.15) is 29.8 Å². The summed E-state index contributed by atoms with van der Waals surface area (Å²) in [4.78, 5) is 20.3. The van der Waals surface area contributed by atoms with Crippen LogP contribution in [0.25, 0.3) is 5.95 Å². The largest absolute Gasteiger partial charge is 0.347 e. The zero-order chi connectivity index (χ0) is 14.7. The van der Waals surface area contributed by atoms with Crippen molar-refractivity contribution in [1.29, 1.82) is 0 Å². The standard InChI is InChI=1S/C9H12N12/c1-20-5-13-6(19-20)2-12-7-15-8(18-10)17-9(16-7)21-4-11-3-14-21/h3-5H,2,10H2,1H3,(H2,12,15,16,17,18). The number of nitrogens with one attached hydrogen (secondary N) is 2. The molecule has 0 bridgehead atoms. The number of nitrogen functional groups attached to an aromatic ring is 1. The summed E-state index contributed by atoms with van der Waals surface area (Å²) < 4.78 is 3.00. The summed E-state index contributed by atoms with van der Waals surface area (Å²) in [6.07, 6.45) is 4.46. The lowest BCUT2D eigenvalue weighted by Crippen LogP contribution is -2.16. The number of aryl methyl sites for hydroxylation is 1. The van der Waals surface area contributed by atoms with E-state index < -0.39 is 0 Å². The van der Waals surface area contributed by atoms with Crippen molar-refractivity contribution in [2.45, 2.75) is 6.54 Å². The van der Waals surface area contributed by atoms with E-state index in [0.29, 0.717) is 18.3 Å². The van der Waals surface area contributed by atoms with Gasteiger partial charge in [0.25, 0.3) is 5.95 Å². The van der Waals surface area contributed by atoms with Crippen molar-refractivity contribution in [3.05, 3.63) is 24.8 Å². The Hall–Kier alpha value is -3.15. The van der Waals surface area contributed by atoms with Gasteiger partial charge in [0.05, 0.1) is 6.54 Å². The molecule has 12 nitrogen and oxygen atoms in total. The molecule has 108 valence electrons. The summed E-state index contributed by atoms with van der Waals surface area (Å²) in [7, 11) is 1.79. The first-order valence-corrected chi connectivity index (χ1v) is 5.90. The summed E-state index contributed by atoms with van der Waals surface area (Å²) in [6, 6.07) is 0. The van der Waals surface area contributed by atoms with Crippen LogP contribution in [0.15, 0.2) is 19.0 Å². The quantitative estimate of drug-likeness (QED) is 0.373. The molecule has 4 N–H and O–H groups in total. The lowest BCUT2D eigenvalue weighted by Gasteiger charge is -2.06. The molecule has 0 amide bonds. The van der Waals surface area contributed by atoms with E-state index in [-0.39, 0.29) is 11.9 Å². The minimum atomic E-state index is 0.201. The fourth-order valence-electron chi connectivity index (χ4n) is 1.55. The van der Waals surface area contributed by atoms with E-state index in [4.69, 9.17) is 5.84 Å². The average molecular weight is 288 g/mol. The Kier molecular flexibility index (Phi) is 3.34. The van der Waals surface area contributed by atoms with Gasteiger partial charge in [0, 0.05) is 7.05 Å². The van der Waals surface area contributed by atoms with Crippen LogP contribution in [-0.4, -0.2) is 44.5 Å². The smallest absolute Gasteiger partial charge is 0.258 e. The molecule has 0 atom stereocenters. The first-order chi connectivity index (χ1) is 10.2. The highest BCUT2D eigenvalue weighted by Crippen LogP contribution is 2.08. The zero-order valence-corrected chi connectivity index (χ0v) is 11.0. The summed E-state index contributed by atoms with van der Waals surface area (Å²) in [5.41, 5.74) is 2.37. The second-order valence-electron chi connectivity index (χ2n) is 3.96. The maximum atomic E-state index is 5.35. The Morgan fingerprint density at radius 2 is 2.05 bits per heavy atom. The Balaban J connectivity index is 1.82. The molecule has 0 aliphatic rings. The second-order valence-corrected chi connectivity index (χ2v) is 3.96. The molecule has 3 heterocycles. The SMILES string of the molecule is Cn1cnc(CNc2nc(NN)nc(-n3cncn3)n2)n1. The summed E-state index contributed by atoms with van der Waals surface area (Å²) in [5, 5.41) is 11.1. The third-order valence-electron chi connectivity index (χ3n) is 2.43. The Morgan fingerprint density at radius 3 is 2.71 bits per heavy atom. The maximum absolute atomic E-state index is 5.35. The van der Waals surface area contributed by atoms with Crippen molar-refractivity contribution in [3.8, 4) is 5.95 Å². The molecule has 0 aliphatic heterocycles. The third-order valence-corrected chi connectivity index (χ3v) is 2.43. The number of nitrogens with zero attached hydrogens (tertiary/aromatic N) is 9. The normalized spacial score (nSPS) is 10.6. The lowest BCUT2D eigenvalue weighted by molar-refractivity contribution is 0.745. The summed E-state index contributed by atoms with van der Waals surface area (Å²) in [6.45, 7) is 0.367. The molecule has 12 heteroatoms. The first-order valence-electron chi connectivity index (χ1n) is 5.90. The first kappa shape index (κ1) is 12.9. The van der Waals surface area contributed by atoms with Crippen molar-refractivity contribution in [2.24, 2.45) is 12.9 Å². The summed E-state index contributed by atoms with van der Waals surface area (Å²) >= 11 is 0. The fraction of sp³-hybridized carbons (Fsp3) is 0.222. The molecule has 0 aromatic carbocycles. The number of hydrazine groups is 1. The van der Waals surface area contributed by atoms with Crippen LogP contribution in [0.4, 0.5) is 11.9 Å². The van der Waals surface area contributed by atoms with E-state index in [1.54, 1.807) is 18.1 Å². The monoisotopic (exact) mass is 288 g/mol. The van der Waals surface area contributed by atoms with Crippen LogP contribution < -0.4 is 16.6 Å². The molecular weight excluding hydrogens is 276 g/mol. The van der Waals surface area contributed by atoms with Gasteiger partial charge in [-0.3, -0.25) is 10.1 Å². The highest BCUT2D eigenvalue weighted by molar-refractivity contribution is 5.36. The van der Waals surface area contributed by atoms with E-state index in [0.717, 1.165) is 0 Å². The topological polar surface area (TPSA) is 150 Å². The van der Waals surface area contributed by atoms with E-state index in [1.165, 1.54) is 17.3 Å². The molecule has 0 radical (unpaired) electrons. The molecule has 0 unspecified atom stereocenters. The van der Waals surface area contributed by atoms with Crippen LogP contribution in [0.1, 0.15) is 5.82 Å². The van der Waals surface area contributed by atoms with Gasteiger partial charge in [-0.25, -0.2) is 15.8 Å².